The number of nitrogens with zero attached hydrogens (tertiary/aromatic N) is 3. The lowest BCUT2D eigenvalue weighted by Gasteiger charge is -2.42. The summed E-state index contributed by atoms with van der Waals surface area (Å²) in [5.41, 5.74) is 3.95. The molecule has 1 atom stereocenters. The van der Waals surface area contributed by atoms with Gasteiger partial charge < -0.3 is 9.64 Å². The zero-order chi connectivity index (χ0) is 22.9. The second kappa shape index (κ2) is 8.84. The largest absolute Gasteiger partial charge is 0.496 e. The smallest absolute Gasteiger partial charge is 0.229 e. The van der Waals surface area contributed by atoms with Crippen molar-refractivity contribution in [3.05, 3.63) is 82.4 Å². The van der Waals surface area contributed by atoms with Crippen LogP contribution in [0, 0.1) is 11.3 Å². The summed E-state index contributed by atoms with van der Waals surface area (Å²) in [5, 5.41) is 13.1. The van der Waals surface area contributed by atoms with Crippen LogP contribution in [0.3, 0.4) is 0 Å². The molecular weight excluding hydrogens is 430 g/mol. The number of nitriles is 1. The number of fused-ring (bicyclic) bond motifs is 2. The lowest BCUT2D eigenvalue weighted by Crippen LogP contribution is -2.47. The topological polar surface area (TPSA) is 56.6 Å². The van der Waals surface area contributed by atoms with E-state index in [1.807, 2.05) is 36.4 Å². The number of thioether (sulfide) groups is 1. The summed E-state index contributed by atoms with van der Waals surface area (Å²) in [6.45, 7) is 2.59. The number of amides is 1. The van der Waals surface area contributed by atoms with Crippen molar-refractivity contribution >= 4 is 34.1 Å². The number of benzene rings is 3. The van der Waals surface area contributed by atoms with E-state index in [9.17, 15) is 10.1 Å². The predicted molar refractivity (Wildman–Crippen MR) is 133 cm³/mol. The van der Waals surface area contributed by atoms with Crippen LogP contribution in [-0.2, 0) is 11.2 Å². The predicted octanol–water partition coefficient (Wildman–Crippen LogP) is 5.63. The lowest BCUT2D eigenvalue weighted by molar-refractivity contribution is -0.129. The molecule has 0 aliphatic carbocycles. The molecule has 5 nitrogen and oxygen atoms in total. The highest BCUT2D eigenvalue weighted by Gasteiger charge is 2.39. The Morgan fingerprint density at radius 3 is 2.64 bits per heavy atom. The van der Waals surface area contributed by atoms with Crippen LogP contribution in [-0.4, -0.2) is 30.5 Å². The minimum absolute atomic E-state index is 0.0337. The van der Waals surface area contributed by atoms with Crippen LogP contribution in [0.15, 0.2) is 71.3 Å². The molecule has 0 spiro atoms. The maximum absolute atomic E-state index is 13.4. The third-order valence-corrected chi connectivity index (χ3v) is 7.66. The Labute approximate surface area is 198 Å². The zero-order valence-corrected chi connectivity index (χ0v) is 19.6. The number of aryl methyl sites for hydroxylation is 1. The summed E-state index contributed by atoms with van der Waals surface area (Å²) in [6, 6.07) is 23.0. The Kier molecular flexibility index (Phi) is 5.74. The standard InChI is InChI=1S/C27H25N3O2S/c1-3-18-8-11-20(12-9-18)29-16-30-25(31)14-22(23(15-28)27(30)33-17-29)26-21-7-5-4-6-19(21)10-13-24(26)32-2/h4-13,22H,3,14,16-17H2,1-2H3/t22-/m0/s1. The van der Waals surface area contributed by atoms with Gasteiger partial charge in [-0.05, 0) is 41.0 Å². The molecule has 0 N–H and O–H groups in total. The van der Waals surface area contributed by atoms with Crippen LogP contribution in [0.4, 0.5) is 5.69 Å². The molecule has 0 radical (unpaired) electrons. The van der Waals surface area contributed by atoms with Crippen LogP contribution in [0.25, 0.3) is 10.8 Å². The summed E-state index contributed by atoms with van der Waals surface area (Å²) in [6.07, 6.45) is 1.25. The second-order valence-corrected chi connectivity index (χ2v) is 9.22. The monoisotopic (exact) mass is 455 g/mol. The van der Waals surface area contributed by atoms with E-state index in [4.69, 9.17) is 4.74 Å². The van der Waals surface area contributed by atoms with Gasteiger partial charge in [-0.1, -0.05) is 61.2 Å². The van der Waals surface area contributed by atoms with Crippen LogP contribution in [0.2, 0.25) is 0 Å². The summed E-state index contributed by atoms with van der Waals surface area (Å²) >= 11 is 1.56. The van der Waals surface area contributed by atoms with Crippen LogP contribution >= 0.6 is 11.8 Å². The molecule has 0 aromatic heterocycles. The molecule has 0 saturated carbocycles. The summed E-state index contributed by atoms with van der Waals surface area (Å²) in [5.74, 6) is 1.12. The van der Waals surface area contributed by atoms with Crippen LogP contribution in [0.5, 0.6) is 5.75 Å². The van der Waals surface area contributed by atoms with Gasteiger partial charge in [-0.15, -0.1) is 0 Å². The van der Waals surface area contributed by atoms with Crippen molar-refractivity contribution in [2.24, 2.45) is 0 Å². The van der Waals surface area contributed by atoms with Crippen molar-refractivity contribution in [3.8, 4) is 11.8 Å². The van der Waals surface area contributed by atoms with E-state index in [2.05, 4.69) is 42.2 Å². The van der Waals surface area contributed by atoms with E-state index in [1.165, 1.54) is 5.56 Å². The number of methoxy groups -OCH3 is 1. The van der Waals surface area contributed by atoms with Gasteiger partial charge in [-0.2, -0.15) is 5.26 Å². The Morgan fingerprint density at radius 1 is 1.12 bits per heavy atom. The van der Waals surface area contributed by atoms with Crippen molar-refractivity contribution in [2.45, 2.75) is 25.7 Å². The molecule has 6 heteroatoms. The highest BCUT2D eigenvalue weighted by Crippen LogP contribution is 2.47. The maximum atomic E-state index is 13.4. The molecule has 3 aromatic rings. The average molecular weight is 456 g/mol. The van der Waals surface area contributed by atoms with Gasteiger partial charge in [0.15, 0.2) is 0 Å². The van der Waals surface area contributed by atoms with E-state index in [1.54, 1.807) is 23.8 Å². The number of carbonyl (C=O) groups is 1. The van der Waals surface area contributed by atoms with Crippen LogP contribution in [0.1, 0.15) is 30.4 Å². The van der Waals surface area contributed by atoms with Crippen molar-refractivity contribution in [1.82, 2.24) is 4.90 Å². The molecule has 0 bridgehead atoms. The maximum Gasteiger partial charge on any atom is 0.229 e. The van der Waals surface area contributed by atoms with Gasteiger partial charge in [0.05, 0.1) is 36.3 Å². The second-order valence-electron chi connectivity index (χ2n) is 8.29. The first kappa shape index (κ1) is 21.4. The number of hydrogen-bond donors (Lipinski definition) is 0. The third-order valence-electron chi connectivity index (χ3n) is 6.50. The van der Waals surface area contributed by atoms with Gasteiger partial charge in [-0.3, -0.25) is 9.69 Å². The van der Waals surface area contributed by atoms with Gasteiger partial charge in [0.2, 0.25) is 5.91 Å². The quantitative estimate of drug-likeness (QED) is 0.510. The van der Waals surface area contributed by atoms with Gasteiger partial charge >= 0.3 is 0 Å². The summed E-state index contributed by atoms with van der Waals surface area (Å²) < 4.78 is 5.69. The summed E-state index contributed by atoms with van der Waals surface area (Å²) in [4.78, 5) is 17.3. The first-order chi connectivity index (χ1) is 16.1. The molecule has 2 heterocycles. The number of allylic oxidation sites excluding steroid dienone is 1. The van der Waals surface area contributed by atoms with Gasteiger partial charge in [0, 0.05) is 23.6 Å². The van der Waals surface area contributed by atoms with Crippen LogP contribution < -0.4 is 9.64 Å². The zero-order valence-electron chi connectivity index (χ0n) is 18.7. The van der Waals surface area contributed by atoms with Gasteiger partial charge in [0.25, 0.3) is 0 Å². The highest BCUT2D eigenvalue weighted by molar-refractivity contribution is 8.03. The van der Waals surface area contributed by atoms with E-state index < -0.39 is 0 Å². The van der Waals surface area contributed by atoms with Gasteiger partial charge in [0.1, 0.15) is 5.75 Å². The average Bonchev–Trinajstić information content (AvgIpc) is 2.87. The Hall–Kier alpha value is -3.43. The van der Waals surface area contributed by atoms with Crippen molar-refractivity contribution in [1.29, 1.82) is 5.26 Å². The molecule has 0 unspecified atom stereocenters. The number of rotatable bonds is 4. The fourth-order valence-corrected chi connectivity index (χ4v) is 5.90. The molecule has 5 rings (SSSR count). The molecule has 1 saturated heterocycles. The highest BCUT2D eigenvalue weighted by atomic mass is 32.2. The SMILES string of the molecule is CCc1ccc(N2CSC3=C(C#N)[C@@H](c4c(OC)ccc5ccccc45)CC(=O)N3C2)cc1. The minimum atomic E-state index is -0.322. The number of carbonyl (C=O) groups excluding carboxylic acids is 1. The van der Waals surface area contributed by atoms with Crippen molar-refractivity contribution in [2.75, 3.05) is 24.6 Å². The lowest BCUT2D eigenvalue weighted by atomic mass is 9.83. The molecule has 2 aliphatic heterocycles. The number of ether oxygens (including phenoxy) is 1. The van der Waals surface area contributed by atoms with Crippen molar-refractivity contribution in [3.63, 3.8) is 0 Å². The minimum Gasteiger partial charge on any atom is -0.496 e. The Balaban J connectivity index is 1.54. The Bertz CT molecular complexity index is 1290. The van der Waals surface area contributed by atoms with E-state index in [-0.39, 0.29) is 18.2 Å². The van der Waals surface area contributed by atoms with E-state index >= 15 is 0 Å². The summed E-state index contributed by atoms with van der Waals surface area (Å²) in [7, 11) is 1.64. The number of anilines is 1. The molecule has 2 aliphatic rings. The molecule has 3 aromatic carbocycles. The molecule has 1 fully saturated rings. The van der Waals surface area contributed by atoms with Gasteiger partial charge in [-0.25, -0.2) is 0 Å². The first-order valence-corrected chi connectivity index (χ1v) is 12.1. The van der Waals surface area contributed by atoms with E-state index in [0.29, 0.717) is 23.9 Å². The third kappa shape index (κ3) is 3.73. The number of hydrogen-bond acceptors (Lipinski definition) is 5. The normalized spacial score (nSPS) is 18.3. The molecule has 166 valence electrons. The molecule has 1 amide bonds. The first-order valence-electron chi connectivity index (χ1n) is 11.1. The molecule has 33 heavy (non-hydrogen) atoms. The molecular formula is C27H25N3O2S. The fraction of sp³-hybridized carbons (Fsp3) is 0.259. The van der Waals surface area contributed by atoms with E-state index in [0.717, 1.165) is 33.5 Å². The van der Waals surface area contributed by atoms with Crippen molar-refractivity contribution < 1.29 is 9.53 Å². The fourth-order valence-electron chi connectivity index (χ4n) is 4.73. The Morgan fingerprint density at radius 2 is 1.91 bits per heavy atom.